The standard InChI is InChI=1S/C21H26N2O2/c1-15-8-9-16(2)19(14-15)22-21(25)20(17-6-4-3-5-7-17)23-12-10-18(24)11-13-23/h3-9,14,18,20,24H,10-13H2,1-2H3,(H,22,25)/t20-/m1/s1. The van der Waals surface area contributed by atoms with E-state index in [0.29, 0.717) is 12.8 Å². The second-order valence-electron chi connectivity index (χ2n) is 6.89. The Morgan fingerprint density at radius 3 is 2.48 bits per heavy atom. The van der Waals surface area contributed by atoms with Crippen LogP contribution in [0.3, 0.4) is 0 Å². The van der Waals surface area contributed by atoms with Gasteiger partial charge in [-0.05, 0) is 49.4 Å². The average molecular weight is 338 g/mol. The topological polar surface area (TPSA) is 52.6 Å². The molecule has 1 aliphatic heterocycles. The summed E-state index contributed by atoms with van der Waals surface area (Å²) in [6.45, 7) is 5.47. The molecule has 1 amide bonds. The summed E-state index contributed by atoms with van der Waals surface area (Å²) in [6, 6.07) is 15.6. The van der Waals surface area contributed by atoms with Crippen molar-refractivity contribution < 1.29 is 9.90 Å². The molecule has 2 aromatic carbocycles. The molecule has 132 valence electrons. The highest BCUT2D eigenvalue weighted by Gasteiger charge is 2.30. The maximum Gasteiger partial charge on any atom is 0.246 e. The molecule has 2 aromatic rings. The van der Waals surface area contributed by atoms with Crippen LogP contribution in [0.1, 0.15) is 35.6 Å². The summed E-state index contributed by atoms with van der Waals surface area (Å²) in [4.78, 5) is 15.3. The lowest BCUT2D eigenvalue weighted by Crippen LogP contribution is -2.43. The fourth-order valence-electron chi connectivity index (χ4n) is 3.38. The zero-order chi connectivity index (χ0) is 17.8. The van der Waals surface area contributed by atoms with Gasteiger partial charge in [0, 0.05) is 18.8 Å². The zero-order valence-electron chi connectivity index (χ0n) is 14.9. The van der Waals surface area contributed by atoms with Gasteiger partial charge in [0.25, 0.3) is 0 Å². The number of piperidine rings is 1. The van der Waals surface area contributed by atoms with Crippen molar-refractivity contribution in [3.05, 3.63) is 65.2 Å². The number of amides is 1. The van der Waals surface area contributed by atoms with Crippen molar-refractivity contribution in [2.75, 3.05) is 18.4 Å². The van der Waals surface area contributed by atoms with Gasteiger partial charge in [-0.15, -0.1) is 0 Å². The highest BCUT2D eigenvalue weighted by atomic mass is 16.3. The fourth-order valence-corrected chi connectivity index (χ4v) is 3.38. The van der Waals surface area contributed by atoms with Crippen LogP contribution in [0.2, 0.25) is 0 Å². The van der Waals surface area contributed by atoms with Gasteiger partial charge in [-0.1, -0.05) is 42.5 Å². The van der Waals surface area contributed by atoms with Crippen molar-refractivity contribution in [1.82, 2.24) is 4.90 Å². The number of nitrogens with one attached hydrogen (secondary N) is 1. The van der Waals surface area contributed by atoms with E-state index in [9.17, 15) is 9.90 Å². The largest absolute Gasteiger partial charge is 0.393 e. The number of aryl methyl sites for hydroxylation is 2. The normalized spacial score (nSPS) is 17.2. The number of benzene rings is 2. The fraction of sp³-hybridized carbons (Fsp3) is 0.381. The molecule has 0 saturated carbocycles. The van der Waals surface area contributed by atoms with E-state index in [1.54, 1.807) is 0 Å². The lowest BCUT2D eigenvalue weighted by atomic mass is 9.99. The first-order valence-corrected chi connectivity index (χ1v) is 8.90. The summed E-state index contributed by atoms with van der Waals surface area (Å²) in [5, 5.41) is 12.9. The number of hydrogen-bond donors (Lipinski definition) is 2. The molecule has 25 heavy (non-hydrogen) atoms. The van der Waals surface area contributed by atoms with Crippen LogP contribution in [0.4, 0.5) is 5.69 Å². The summed E-state index contributed by atoms with van der Waals surface area (Å²) in [5.41, 5.74) is 4.03. The second-order valence-corrected chi connectivity index (χ2v) is 6.89. The minimum atomic E-state index is -0.339. The Balaban J connectivity index is 1.86. The molecular formula is C21H26N2O2. The summed E-state index contributed by atoms with van der Waals surface area (Å²) in [5.74, 6) is -0.0173. The van der Waals surface area contributed by atoms with E-state index < -0.39 is 0 Å². The van der Waals surface area contributed by atoms with Gasteiger partial charge in [0.15, 0.2) is 0 Å². The van der Waals surface area contributed by atoms with Gasteiger partial charge in [-0.25, -0.2) is 0 Å². The van der Waals surface area contributed by atoms with Crippen molar-refractivity contribution in [1.29, 1.82) is 0 Å². The molecule has 0 spiro atoms. The van der Waals surface area contributed by atoms with Gasteiger partial charge in [0.05, 0.1) is 6.10 Å². The van der Waals surface area contributed by atoms with Crippen molar-refractivity contribution in [2.24, 2.45) is 0 Å². The van der Waals surface area contributed by atoms with Gasteiger partial charge in [0.1, 0.15) is 6.04 Å². The molecule has 4 nitrogen and oxygen atoms in total. The van der Waals surface area contributed by atoms with Crippen LogP contribution in [0.5, 0.6) is 0 Å². The number of anilines is 1. The molecule has 3 rings (SSSR count). The van der Waals surface area contributed by atoms with Crippen LogP contribution in [0.25, 0.3) is 0 Å². The highest BCUT2D eigenvalue weighted by Crippen LogP contribution is 2.27. The van der Waals surface area contributed by atoms with E-state index in [0.717, 1.165) is 35.5 Å². The summed E-state index contributed by atoms with van der Waals surface area (Å²) in [7, 11) is 0. The highest BCUT2D eigenvalue weighted by molar-refractivity contribution is 5.96. The van der Waals surface area contributed by atoms with Crippen LogP contribution in [-0.4, -0.2) is 35.1 Å². The summed E-state index contributed by atoms with van der Waals surface area (Å²) in [6.07, 6.45) is 1.16. The average Bonchev–Trinajstić information content (AvgIpc) is 2.61. The molecule has 4 heteroatoms. The molecule has 1 saturated heterocycles. The van der Waals surface area contributed by atoms with Crippen molar-refractivity contribution in [3.8, 4) is 0 Å². The second kappa shape index (κ2) is 7.81. The van der Waals surface area contributed by atoms with Gasteiger partial charge in [0.2, 0.25) is 5.91 Å². The quantitative estimate of drug-likeness (QED) is 0.898. The number of hydrogen-bond acceptors (Lipinski definition) is 3. The first-order chi connectivity index (χ1) is 12.0. The Kier molecular flexibility index (Phi) is 5.51. The van der Waals surface area contributed by atoms with E-state index in [4.69, 9.17) is 0 Å². The molecule has 1 aliphatic rings. The van der Waals surface area contributed by atoms with E-state index >= 15 is 0 Å². The third kappa shape index (κ3) is 4.27. The van der Waals surface area contributed by atoms with Gasteiger partial charge < -0.3 is 10.4 Å². The number of aliphatic hydroxyl groups excluding tert-OH is 1. The Labute approximate surface area is 149 Å². The molecule has 2 N–H and O–H groups in total. The molecule has 1 atom stereocenters. The van der Waals surface area contributed by atoms with E-state index in [-0.39, 0.29) is 18.1 Å². The SMILES string of the molecule is Cc1ccc(C)c(NC(=O)[C@@H](c2ccccc2)N2CCC(O)CC2)c1. The minimum Gasteiger partial charge on any atom is -0.393 e. The lowest BCUT2D eigenvalue weighted by Gasteiger charge is -2.35. The number of rotatable bonds is 4. The maximum atomic E-state index is 13.1. The Hall–Kier alpha value is -2.17. The van der Waals surface area contributed by atoms with Crippen LogP contribution < -0.4 is 5.32 Å². The minimum absolute atomic E-state index is 0.0173. The van der Waals surface area contributed by atoms with E-state index in [1.165, 1.54) is 0 Å². The van der Waals surface area contributed by atoms with E-state index in [1.807, 2.05) is 62.4 Å². The number of carbonyl (C=O) groups is 1. The molecule has 0 aromatic heterocycles. The molecule has 0 bridgehead atoms. The molecule has 0 radical (unpaired) electrons. The number of aliphatic hydroxyl groups is 1. The van der Waals surface area contributed by atoms with Crippen molar-refractivity contribution in [2.45, 2.75) is 38.8 Å². The predicted octanol–water partition coefficient (Wildman–Crippen LogP) is 3.44. The Morgan fingerprint density at radius 1 is 1.12 bits per heavy atom. The smallest absolute Gasteiger partial charge is 0.246 e. The van der Waals surface area contributed by atoms with Gasteiger partial charge in [-0.2, -0.15) is 0 Å². The van der Waals surface area contributed by atoms with Crippen LogP contribution in [0.15, 0.2) is 48.5 Å². The van der Waals surface area contributed by atoms with Crippen LogP contribution in [0, 0.1) is 13.8 Å². The monoisotopic (exact) mass is 338 g/mol. The molecule has 0 aliphatic carbocycles. The summed E-state index contributed by atoms with van der Waals surface area (Å²) < 4.78 is 0. The third-order valence-corrected chi connectivity index (χ3v) is 4.88. The zero-order valence-corrected chi connectivity index (χ0v) is 14.9. The van der Waals surface area contributed by atoms with Gasteiger partial charge in [-0.3, -0.25) is 9.69 Å². The molecule has 1 heterocycles. The number of nitrogens with zero attached hydrogens (tertiary/aromatic N) is 1. The predicted molar refractivity (Wildman–Crippen MR) is 101 cm³/mol. The van der Waals surface area contributed by atoms with Crippen LogP contribution in [-0.2, 0) is 4.79 Å². The molecule has 0 unspecified atom stereocenters. The molecular weight excluding hydrogens is 312 g/mol. The Bertz CT molecular complexity index is 722. The molecule has 1 fully saturated rings. The maximum absolute atomic E-state index is 13.1. The number of likely N-dealkylation sites (tertiary alicyclic amines) is 1. The number of carbonyl (C=O) groups excluding carboxylic acids is 1. The van der Waals surface area contributed by atoms with Crippen molar-refractivity contribution in [3.63, 3.8) is 0 Å². The Morgan fingerprint density at radius 2 is 1.80 bits per heavy atom. The third-order valence-electron chi connectivity index (χ3n) is 4.88. The lowest BCUT2D eigenvalue weighted by molar-refractivity contribution is -0.122. The van der Waals surface area contributed by atoms with Crippen molar-refractivity contribution >= 4 is 11.6 Å². The van der Waals surface area contributed by atoms with E-state index in [2.05, 4.69) is 10.2 Å². The summed E-state index contributed by atoms with van der Waals surface area (Å²) >= 11 is 0. The van der Waals surface area contributed by atoms with Gasteiger partial charge >= 0.3 is 0 Å². The first kappa shape index (κ1) is 17.6. The first-order valence-electron chi connectivity index (χ1n) is 8.90. The van der Waals surface area contributed by atoms with Crippen LogP contribution >= 0.6 is 0 Å².